The Labute approximate surface area is 187 Å². The van der Waals surface area contributed by atoms with Crippen LogP contribution in [0.1, 0.15) is 11.1 Å². The first-order chi connectivity index (χ1) is 16.0. The van der Waals surface area contributed by atoms with E-state index in [0.29, 0.717) is 12.1 Å². The average Bonchev–Trinajstić information content (AvgIpc) is 2.70. The van der Waals surface area contributed by atoms with Crippen molar-refractivity contribution in [3.8, 4) is 23.0 Å². The molecular weight excluding hydrogens is 509 g/mol. The number of anilines is 2. The number of halogens is 11. The van der Waals surface area contributed by atoms with Gasteiger partial charge in [-0.1, -0.05) is 0 Å². The van der Waals surface area contributed by atoms with Crippen LogP contribution in [0.2, 0.25) is 0 Å². The number of hydrogen-bond donors (Lipinski definition) is 2. The largest absolute Gasteiger partial charge is 0.456 e. The normalized spacial score (nSPS) is 12.1. The van der Waals surface area contributed by atoms with Gasteiger partial charge in [0.2, 0.25) is 0 Å². The lowest BCUT2D eigenvalue weighted by Crippen LogP contribution is -2.17. The maximum Gasteiger partial charge on any atom is 0.423 e. The van der Waals surface area contributed by atoms with Crippen molar-refractivity contribution in [1.29, 1.82) is 0 Å². The summed E-state index contributed by atoms with van der Waals surface area (Å²) in [5.41, 5.74) is 3.42. The minimum absolute atomic E-state index is 0.0892. The molecule has 0 radical (unpaired) electrons. The van der Waals surface area contributed by atoms with Crippen LogP contribution in [0.3, 0.4) is 0 Å². The molecule has 0 aliphatic carbocycles. The molecule has 0 saturated heterocycles. The van der Waals surface area contributed by atoms with Gasteiger partial charge in [-0.15, -0.1) is 0 Å². The second-order valence-corrected chi connectivity index (χ2v) is 6.76. The summed E-state index contributed by atoms with van der Waals surface area (Å²) >= 11 is 0. The molecule has 0 atom stereocenters. The number of alkyl halides is 6. The molecule has 35 heavy (non-hydrogen) atoms. The molecule has 0 unspecified atom stereocenters. The average molecular weight is 518 g/mol. The molecule has 4 N–H and O–H groups in total. The number of hydrogen-bond acceptors (Lipinski definition) is 4. The minimum Gasteiger partial charge on any atom is -0.456 e. The molecule has 0 aromatic heterocycles. The second kappa shape index (κ2) is 8.70. The molecule has 0 aliphatic rings. The molecule has 0 bridgehead atoms. The molecule has 3 rings (SSSR count). The van der Waals surface area contributed by atoms with Crippen molar-refractivity contribution in [3.63, 3.8) is 0 Å². The standard InChI is InChI=1S/C20H9F11N2O2/c21-9-1-6(3-12(32)15(9)24)34-17-8(19(26,27)28)5-11(23)18(14(17)20(29,30)31)35-7-2-10(22)16(25)13(33)4-7/h1-5H,32-33H2. The van der Waals surface area contributed by atoms with Crippen molar-refractivity contribution in [2.75, 3.05) is 11.5 Å². The molecule has 15 heteroatoms. The van der Waals surface area contributed by atoms with E-state index >= 15 is 0 Å². The van der Waals surface area contributed by atoms with Gasteiger partial charge in [-0.05, 0) is 6.07 Å². The van der Waals surface area contributed by atoms with E-state index in [1.165, 1.54) is 0 Å². The van der Waals surface area contributed by atoms with Gasteiger partial charge < -0.3 is 20.9 Å². The van der Waals surface area contributed by atoms with Crippen molar-refractivity contribution < 1.29 is 57.8 Å². The highest BCUT2D eigenvalue weighted by atomic mass is 19.4. The Bertz CT molecular complexity index is 1260. The van der Waals surface area contributed by atoms with E-state index in [0.717, 1.165) is 0 Å². The van der Waals surface area contributed by atoms with E-state index in [2.05, 4.69) is 9.47 Å². The maximum atomic E-state index is 14.5. The maximum absolute atomic E-state index is 14.5. The first-order valence-corrected chi connectivity index (χ1v) is 8.86. The third-order valence-electron chi connectivity index (χ3n) is 4.28. The Hall–Kier alpha value is -3.91. The summed E-state index contributed by atoms with van der Waals surface area (Å²) in [6, 6.07) is 0.614. The summed E-state index contributed by atoms with van der Waals surface area (Å²) in [5, 5.41) is 0. The Morgan fingerprint density at radius 3 is 1.34 bits per heavy atom. The van der Waals surface area contributed by atoms with Gasteiger partial charge in [-0.3, -0.25) is 0 Å². The molecule has 3 aromatic rings. The van der Waals surface area contributed by atoms with Crippen LogP contribution in [0.25, 0.3) is 0 Å². The minimum atomic E-state index is -5.83. The topological polar surface area (TPSA) is 70.5 Å². The van der Waals surface area contributed by atoms with Gasteiger partial charge in [-0.25, -0.2) is 22.0 Å². The van der Waals surface area contributed by atoms with Gasteiger partial charge in [0.25, 0.3) is 0 Å². The quantitative estimate of drug-likeness (QED) is 0.284. The van der Waals surface area contributed by atoms with Crippen LogP contribution < -0.4 is 20.9 Å². The number of nitrogen functional groups attached to an aromatic ring is 2. The van der Waals surface area contributed by atoms with Crippen molar-refractivity contribution in [2.24, 2.45) is 0 Å². The summed E-state index contributed by atoms with van der Waals surface area (Å²) in [5.74, 6) is -15.2. The highest BCUT2D eigenvalue weighted by Crippen LogP contribution is 2.52. The summed E-state index contributed by atoms with van der Waals surface area (Å²) in [4.78, 5) is 0. The molecule has 0 aliphatic heterocycles. The highest BCUT2D eigenvalue weighted by Gasteiger charge is 2.47. The fraction of sp³-hybridized carbons (Fsp3) is 0.100. The zero-order valence-electron chi connectivity index (χ0n) is 16.5. The van der Waals surface area contributed by atoms with Crippen LogP contribution in [0.5, 0.6) is 23.0 Å². The Kier molecular flexibility index (Phi) is 6.39. The van der Waals surface area contributed by atoms with Crippen molar-refractivity contribution in [1.82, 2.24) is 0 Å². The Morgan fingerprint density at radius 1 is 0.543 bits per heavy atom. The third-order valence-corrected chi connectivity index (χ3v) is 4.28. The van der Waals surface area contributed by atoms with Crippen LogP contribution in [0.15, 0.2) is 30.3 Å². The van der Waals surface area contributed by atoms with Crippen LogP contribution in [-0.2, 0) is 12.4 Å². The SMILES string of the molecule is Nc1cc(Oc2c(F)cc(C(F)(F)F)c(Oc3cc(N)c(F)c(F)c3)c2C(F)(F)F)cc(F)c1F. The number of nitrogens with two attached hydrogens (primary N) is 2. The summed E-state index contributed by atoms with van der Waals surface area (Å²) in [7, 11) is 0. The van der Waals surface area contributed by atoms with E-state index in [1.807, 2.05) is 0 Å². The van der Waals surface area contributed by atoms with Gasteiger partial charge in [0, 0.05) is 24.3 Å². The number of benzene rings is 3. The van der Waals surface area contributed by atoms with E-state index in [1.54, 1.807) is 0 Å². The Morgan fingerprint density at radius 2 is 0.971 bits per heavy atom. The van der Waals surface area contributed by atoms with E-state index < -0.39 is 93.0 Å². The van der Waals surface area contributed by atoms with Crippen molar-refractivity contribution in [3.05, 3.63) is 70.5 Å². The predicted octanol–water partition coefficient (Wildman–Crippen LogP) is 7.17. The van der Waals surface area contributed by atoms with E-state index in [4.69, 9.17) is 11.5 Å². The smallest absolute Gasteiger partial charge is 0.423 e. The van der Waals surface area contributed by atoms with Crippen LogP contribution >= 0.6 is 0 Å². The van der Waals surface area contributed by atoms with Crippen LogP contribution in [0, 0.1) is 29.1 Å². The molecule has 3 aromatic carbocycles. The second-order valence-electron chi connectivity index (χ2n) is 6.76. The van der Waals surface area contributed by atoms with Gasteiger partial charge in [0.15, 0.2) is 40.6 Å². The molecule has 0 heterocycles. The molecular formula is C20H9F11N2O2. The van der Waals surface area contributed by atoms with Gasteiger partial charge in [0.1, 0.15) is 22.6 Å². The van der Waals surface area contributed by atoms with E-state index in [-0.39, 0.29) is 12.1 Å². The lowest BCUT2D eigenvalue weighted by Gasteiger charge is -2.22. The predicted molar refractivity (Wildman–Crippen MR) is 98.1 cm³/mol. The van der Waals surface area contributed by atoms with Crippen LogP contribution in [0.4, 0.5) is 59.7 Å². The van der Waals surface area contributed by atoms with Crippen LogP contribution in [-0.4, -0.2) is 0 Å². The summed E-state index contributed by atoms with van der Waals surface area (Å²) < 4.78 is 160. The fourth-order valence-corrected chi connectivity index (χ4v) is 2.81. The first-order valence-electron chi connectivity index (χ1n) is 8.86. The zero-order chi connectivity index (χ0) is 26.5. The summed E-state index contributed by atoms with van der Waals surface area (Å²) in [6.45, 7) is 0. The van der Waals surface area contributed by atoms with Gasteiger partial charge in [-0.2, -0.15) is 26.3 Å². The fourth-order valence-electron chi connectivity index (χ4n) is 2.81. The lowest BCUT2D eigenvalue weighted by molar-refractivity contribution is -0.146. The molecule has 188 valence electrons. The summed E-state index contributed by atoms with van der Waals surface area (Å²) in [6.07, 6.45) is -11.5. The monoisotopic (exact) mass is 518 g/mol. The van der Waals surface area contributed by atoms with Crippen molar-refractivity contribution >= 4 is 11.4 Å². The van der Waals surface area contributed by atoms with Gasteiger partial charge >= 0.3 is 12.4 Å². The number of rotatable bonds is 4. The van der Waals surface area contributed by atoms with Crippen molar-refractivity contribution in [2.45, 2.75) is 12.4 Å². The molecule has 4 nitrogen and oxygen atoms in total. The van der Waals surface area contributed by atoms with Gasteiger partial charge in [0.05, 0.1) is 11.4 Å². The molecule has 0 saturated carbocycles. The third kappa shape index (κ3) is 5.12. The lowest BCUT2D eigenvalue weighted by atomic mass is 10.1. The molecule has 0 amide bonds. The molecule has 0 spiro atoms. The van der Waals surface area contributed by atoms with E-state index in [9.17, 15) is 48.3 Å². The Balaban J connectivity index is 2.32. The zero-order valence-corrected chi connectivity index (χ0v) is 16.5. The highest BCUT2D eigenvalue weighted by molar-refractivity contribution is 5.58. The first kappa shape index (κ1) is 25.7. The molecule has 0 fully saturated rings. The number of ether oxygens (including phenoxy) is 2.